The fourth-order valence-corrected chi connectivity index (χ4v) is 4.10. The van der Waals surface area contributed by atoms with Crippen molar-refractivity contribution in [3.8, 4) is 11.1 Å². The minimum Gasteiger partial charge on any atom is -0.744 e. The van der Waals surface area contributed by atoms with Crippen LogP contribution in [0.1, 0.15) is 15.9 Å². The molecular weight excluding hydrogens is 330 g/mol. The van der Waals surface area contributed by atoms with Gasteiger partial charge in [-0.15, -0.1) is 0 Å². The molecule has 1 heterocycles. The smallest absolute Gasteiger partial charge is 0.269 e. The van der Waals surface area contributed by atoms with E-state index in [0.717, 1.165) is 4.57 Å². The van der Waals surface area contributed by atoms with Gasteiger partial charge in [-0.2, -0.15) is 0 Å². The van der Waals surface area contributed by atoms with Crippen LogP contribution in [-0.2, 0) is 17.2 Å². The van der Waals surface area contributed by atoms with Crippen LogP contribution in [0.5, 0.6) is 0 Å². The van der Waals surface area contributed by atoms with Crippen LogP contribution in [0.3, 0.4) is 0 Å². The maximum atomic E-state index is 12.7. The van der Waals surface area contributed by atoms with E-state index in [1.807, 2.05) is 0 Å². The van der Waals surface area contributed by atoms with Crippen LogP contribution in [0.15, 0.2) is 52.2 Å². The lowest BCUT2D eigenvalue weighted by Crippen LogP contribution is -2.27. The zero-order valence-electron chi connectivity index (χ0n) is 12.4. The van der Waals surface area contributed by atoms with Crippen molar-refractivity contribution in [3.63, 3.8) is 0 Å². The number of rotatable bonds is 1. The van der Waals surface area contributed by atoms with Crippen molar-refractivity contribution in [3.05, 3.63) is 63.9 Å². The van der Waals surface area contributed by atoms with Gasteiger partial charge in [0, 0.05) is 29.1 Å². The number of ketones is 1. The molecule has 0 atom stereocenters. The summed E-state index contributed by atoms with van der Waals surface area (Å²) < 4.78 is 36.5. The quantitative estimate of drug-likeness (QED) is 0.491. The zero-order valence-corrected chi connectivity index (χ0v) is 13.3. The maximum absolute atomic E-state index is 12.7. The van der Waals surface area contributed by atoms with Crippen LogP contribution in [0.2, 0.25) is 0 Å². The summed E-state index contributed by atoms with van der Waals surface area (Å²) in [6.45, 7) is 0. The number of hydrogen-bond acceptors (Lipinski definition) is 5. The standard InChI is InChI=1S/C17H11NO5S/c1-18-12-8-4-7-11-13(12)14(16(17(18)20)24(21,22)23)9-5-2-3-6-10(9)15(11)19/h2-8H,1H3,(H,21,22,23)/p-1. The summed E-state index contributed by atoms with van der Waals surface area (Å²) in [5.41, 5.74) is 0.376. The van der Waals surface area contributed by atoms with E-state index in [2.05, 4.69) is 0 Å². The molecule has 24 heavy (non-hydrogen) atoms. The monoisotopic (exact) mass is 340 g/mol. The molecule has 1 aliphatic rings. The van der Waals surface area contributed by atoms with Gasteiger partial charge in [-0.3, -0.25) is 9.59 Å². The van der Waals surface area contributed by atoms with Gasteiger partial charge in [0.2, 0.25) is 0 Å². The molecule has 120 valence electrons. The van der Waals surface area contributed by atoms with Gasteiger partial charge in [0.15, 0.2) is 5.78 Å². The first-order chi connectivity index (χ1) is 11.3. The summed E-state index contributed by atoms with van der Waals surface area (Å²) in [5.74, 6) is -0.267. The summed E-state index contributed by atoms with van der Waals surface area (Å²) in [5, 5.41) is 0.317. The molecule has 0 amide bonds. The van der Waals surface area contributed by atoms with Gasteiger partial charge < -0.3 is 9.12 Å². The largest absolute Gasteiger partial charge is 0.744 e. The Kier molecular flexibility index (Phi) is 2.85. The second-order valence-corrected chi connectivity index (χ2v) is 6.91. The molecule has 0 fully saturated rings. The fourth-order valence-electron chi connectivity index (χ4n) is 3.29. The second kappa shape index (κ2) is 4.62. The van der Waals surface area contributed by atoms with E-state index < -0.39 is 20.6 Å². The van der Waals surface area contributed by atoms with Gasteiger partial charge in [-0.1, -0.05) is 36.4 Å². The summed E-state index contributed by atoms with van der Waals surface area (Å²) in [6.07, 6.45) is 0. The van der Waals surface area contributed by atoms with E-state index >= 15 is 0 Å². The van der Waals surface area contributed by atoms with Crippen LogP contribution >= 0.6 is 0 Å². The molecule has 0 saturated carbocycles. The van der Waals surface area contributed by atoms with Gasteiger partial charge in [0.25, 0.3) is 5.56 Å². The van der Waals surface area contributed by atoms with Crippen molar-refractivity contribution in [2.24, 2.45) is 7.05 Å². The zero-order chi connectivity index (χ0) is 17.2. The molecule has 0 bridgehead atoms. The number of benzene rings is 2. The second-order valence-electron chi connectivity index (χ2n) is 5.60. The Morgan fingerprint density at radius 1 is 0.917 bits per heavy atom. The Hall–Kier alpha value is -2.77. The Morgan fingerprint density at radius 3 is 2.21 bits per heavy atom. The summed E-state index contributed by atoms with van der Waals surface area (Å²) in [4.78, 5) is 24.5. The topological polar surface area (TPSA) is 96.3 Å². The van der Waals surface area contributed by atoms with Gasteiger partial charge in [-0.05, 0) is 11.6 Å². The number of aryl methyl sites for hydroxylation is 1. The molecule has 0 spiro atoms. The number of carbonyl (C=O) groups is 1. The third-order valence-corrected chi connectivity index (χ3v) is 5.19. The van der Waals surface area contributed by atoms with Gasteiger partial charge >= 0.3 is 0 Å². The summed E-state index contributed by atoms with van der Waals surface area (Å²) in [7, 11) is -3.65. The van der Waals surface area contributed by atoms with Crippen molar-refractivity contribution >= 4 is 26.8 Å². The highest BCUT2D eigenvalue weighted by Gasteiger charge is 2.31. The summed E-state index contributed by atoms with van der Waals surface area (Å²) in [6, 6.07) is 11.2. The average molecular weight is 340 g/mol. The van der Waals surface area contributed by atoms with Gasteiger partial charge in [0.1, 0.15) is 15.0 Å². The molecule has 0 radical (unpaired) electrons. The third-order valence-electron chi connectivity index (χ3n) is 4.32. The molecule has 7 heteroatoms. The van der Waals surface area contributed by atoms with Crippen LogP contribution < -0.4 is 5.56 Å². The van der Waals surface area contributed by atoms with Crippen molar-refractivity contribution in [2.75, 3.05) is 0 Å². The molecule has 2 aromatic carbocycles. The average Bonchev–Trinajstić information content (AvgIpc) is 2.55. The first-order valence-corrected chi connectivity index (χ1v) is 8.49. The van der Waals surface area contributed by atoms with E-state index in [0.29, 0.717) is 16.5 Å². The minimum atomic E-state index is -5.03. The molecule has 4 rings (SSSR count). The molecule has 0 saturated heterocycles. The van der Waals surface area contributed by atoms with E-state index in [-0.39, 0.29) is 22.5 Å². The van der Waals surface area contributed by atoms with Crippen LogP contribution in [0.25, 0.3) is 22.0 Å². The predicted molar refractivity (Wildman–Crippen MR) is 86.0 cm³/mol. The lowest BCUT2D eigenvalue weighted by Gasteiger charge is -2.24. The SMILES string of the molecule is Cn1c(=O)c(S(=O)(=O)[O-])c2c3c(cccc31)C(=O)c1ccccc1-2. The molecule has 0 aliphatic heterocycles. The molecule has 0 unspecified atom stereocenters. The highest BCUT2D eigenvalue weighted by molar-refractivity contribution is 7.85. The third kappa shape index (κ3) is 1.76. The molecule has 1 aromatic heterocycles. The molecular formula is C17H10NO5S-. The number of fused-ring (bicyclic) bond motifs is 2. The van der Waals surface area contributed by atoms with Crippen molar-refractivity contribution < 1.29 is 17.8 Å². The lowest BCUT2D eigenvalue weighted by molar-refractivity contribution is 0.104. The Bertz CT molecular complexity index is 1220. The normalized spacial score (nSPS) is 13.2. The minimum absolute atomic E-state index is 0.0221. The van der Waals surface area contributed by atoms with E-state index in [1.165, 1.54) is 7.05 Å². The first kappa shape index (κ1) is 14.8. The Morgan fingerprint density at radius 2 is 1.54 bits per heavy atom. The number of aromatic nitrogens is 1. The fraction of sp³-hybridized carbons (Fsp3) is 0.0588. The molecule has 1 aliphatic carbocycles. The molecule has 3 aromatic rings. The van der Waals surface area contributed by atoms with Crippen molar-refractivity contribution in [2.45, 2.75) is 4.90 Å². The number of carbonyl (C=O) groups excluding carboxylic acids is 1. The molecule has 0 N–H and O–H groups in total. The predicted octanol–water partition coefficient (Wildman–Crippen LogP) is 1.65. The van der Waals surface area contributed by atoms with E-state index in [9.17, 15) is 22.6 Å². The van der Waals surface area contributed by atoms with Crippen LogP contribution in [-0.4, -0.2) is 23.3 Å². The highest BCUT2D eigenvalue weighted by atomic mass is 32.2. The van der Waals surface area contributed by atoms with E-state index in [4.69, 9.17) is 0 Å². The highest BCUT2D eigenvalue weighted by Crippen LogP contribution is 2.41. The van der Waals surface area contributed by atoms with E-state index in [1.54, 1.807) is 42.5 Å². The number of hydrogen-bond donors (Lipinski definition) is 0. The van der Waals surface area contributed by atoms with Crippen LogP contribution in [0.4, 0.5) is 0 Å². The van der Waals surface area contributed by atoms with Crippen molar-refractivity contribution in [1.82, 2.24) is 4.57 Å². The molecule has 6 nitrogen and oxygen atoms in total. The lowest BCUT2D eigenvalue weighted by atomic mass is 9.84. The summed E-state index contributed by atoms with van der Waals surface area (Å²) >= 11 is 0. The number of nitrogens with zero attached hydrogens (tertiary/aromatic N) is 1. The number of pyridine rings is 1. The first-order valence-electron chi connectivity index (χ1n) is 7.08. The van der Waals surface area contributed by atoms with Crippen molar-refractivity contribution in [1.29, 1.82) is 0 Å². The van der Waals surface area contributed by atoms with Crippen LogP contribution in [0, 0.1) is 0 Å². The van der Waals surface area contributed by atoms with Gasteiger partial charge in [0.05, 0.1) is 5.52 Å². The van der Waals surface area contributed by atoms with Gasteiger partial charge in [-0.25, -0.2) is 8.42 Å². The Labute approximate surface area is 136 Å². The maximum Gasteiger partial charge on any atom is 0.269 e. The Balaban J connectivity index is 2.43.